The fourth-order valence-corrected chi connectivity index (χ4v) is 4.01. The third-order valence-corrected chi connectivity index (χ3v) is 5.46. The van der Waals surface area contributed by atoms with Gasteiger partial charge in [0.15, 0.2) is 0 Å². The van der Waals surface area contributed by atoms with Gasteiger partial charge in [-0.15, -0.1) is 0 Å². The normalized spacial score (nSPS) is 10.5. The van der Waals surface area contributed by atoms with Crippen LogP contribution in [0.15, 0.2) is 115 Å². The Bertz CT molecular complexity index is 896. The molecule has 0 bridgehead atoms. The molecule has 4 rings (SSSR count). The van der Waals surface area contributed by atoms with Crippen molar-refractivity contribution >= 4 is 37.0 Å². The van der Waals surface area contributed by atoms with Crippen molar-refractivity contribution in [1.82, 2.24) is 0 Å². The summed E-state index contributed by atoms with van der Waals surface area (Å²) < 4.78 is 0. The Morgan fingerprint density at radius 2 is 0.769 bits per heavy atom. The Labute approximate surface area is 157 Å². The van der Waals surface area contributed by atoms with Crippen molar-refractivity contribution in [2.75, 3.05) is 4.90 Å². The predicted octanol–water partition coefficient (Wildman–Crippen LogP) is 4.81. The van der Waals surface area contributed by atoms with Crippen LogP contribution in [0.1, 0.15) is 0 Å². The first-order valence-electron chi connectivity index (χ1n) is 8.72. The molecule has 0 unspecified atom stereocenters. The van der Waals surface area contributed by atoms with E-state index in [4.69, 9.17) is 0 Å². The van der Waals surface area contributed by atoms with E-state index in [0.29, 0.717) is 9.52 Å². The van der Waals surface area contributed by atoms with E-state index in [1.165, 1.54) is 16.1 Å². The molecule has 124 valence electrons. The Hall–Kier alpha value is -3.10. The van der Waals surface area contributed by atoms with Crippen molar-refractivity contribution in [2.24, 2.45) is 0 Å². The van der Waals surface area contributed by atoms with Gasteiger partial charge in [0, 0.05) is 17.1 Å². The van der Waals surface area contributed by atoms with Crippen molar-refractivity contribution in [3.63, 3.8) is 0 Å². The van der Waals surface area contributed by atoms with E-state index < -0.39 is 0 Å². The molecule has 0 amide bonds. The van der Waals surface area contributed by atoms with E-state index in [9.17, 15) is 0 Å². The molecule has 4 aromatic rings. The number of anilines is 3. The van der Waals surface area contributed by atoms with Crippen LogP contribution in [0.25, 0.3) is 0 Å². The summed E-state index contributed by atoms with van der Waals surface area (Å²) in [6, 6.07) is 40.5. The molecule has 0 aliphatic rings. The van der Waals surface area contributed by atoms with Gasteiger partial charge < -0.3 is 4.90 Å². The maximum atomic E-state index is 2.29. The fourth-order valence-electron chi connectivity index (χ4n) is 2.98. The highest BCUT2D eigenvalue weighted by atomic mass is 28.2. The van der Waals surface area contributed by atoms with Crippen LogP contribution in [0.3, 0.4) is 0 Å². The fraction of sp³-hybridized carbons (Fsp3) is 0. The zero-order valence-electron chi connectivity index (χ0n) is 14.4. The molecule has 2 heteroatoms. The van der Waals surface area contributed by atoms with Crippen LogP contribution in [0.5, 0.6) is 0 Å². The van der Waals surface area contributed by atoms with Gasteiger partial charge in [-0.1, -0.05) is 89.2 Å². The average molecular weight is 350 g/mol. The molecule has 0 fully saturated rings. The summed E-state index contributed by atoms with van der Waals surface area (Å²) in [6.45, 7) is 0. The lowest BCUT2D eigenvalue weighted by Gasteiger charge is -2.25. The second-order valence-electron chi connectivity index (χ2n) is 6.04. The van der Waals surface area contributed by atoms with E-state index in [2.05, 4.69) is 120 Å². The average Bonchev–Trinajstić information content (AvgIpc) is 2.72. The molecule has 0 atom stereocenters. The summed E-state index contributed by atoms with van der Waals surface area (Å²) in [4.78, 5) is 2.29. The van der Waals surface area contributed by atoms with Crippen LogP contribution in [-0.2, 0) is 0 Å². The molecule has 0 spiro atoms. The first kappa shape index (κ1) is 16.4. The summed E-state index contributed by atoms with van der Waals surface area (Å²) in [6.07, 6.45) is 0. The molecule has 0 N–H and O–H groups in total. The maximum Gasteiger partial charge on any atom is 0.121 e. The lowest BCUT2D eigenvalue weighted by molar-refractivity contribution is 1.29. The molecule has 0 aliphatic carbocycles. The number of para-hydroxylation sites is 2. The molecule has 2 radical (unpaired) electrons. The minimum atomic E-state index is 0.681. The lowest BCUT2D eigenvalue weighted by Crippen LogP contribution is -2.26. The van der Waals surface area contributed by atoms with Crippen LogP contribution in [0.4, 0.5) is 17.1 Å². The Balaban J connectivity index is 1.66. The smallest absolute Gasteiger partial charge is 0.121 e. The van der Waals surface area contributed by atoms with Gasteiger partial charge in [0.25, 0.3) is 0 Å². The molecule has 0 saturated carbocycles. The molecule has 4 aromatic carbocycles. The van der Waals surface area contributed by atoms with E-state index in [-0.39, 0.29) is 0 Å². The van der Waals surface area contributed by atoms with Crippen LogP contribution < -0.4 is 15.3 Å². The van der Waals surface area contributed by atoms with Crippen LogP contribution in [0.2, 0.25) is 0 Å². The first-order valence-corrected chi connectivity index (χ1v) is 9.72. The van der Waals surface area contributed by atoms with Gasteiger partial charge in [-0.05, 0) is 36.4 Å². The second-order valence-corrected chi connectivity index (χ2v) is 7.45. The number of benzene rings is 4. The summed E-state index contributed by atoms with van der Waals surface area (Å²) in [5.74, 6) is 0. The zero-order chi connectivity index (χ0) is 17.6. The van der Waals surface area contributed by atoms with Gasteiger partial charge in [0.05, 0.1) is 0 Å². The van der Waals surface area contributed by atoms with E-state index >= 15 is 0 Å². The topological polar surface area (TPSA) is 3.24 Å². The molecular formula is C24H19NSi. The molecule has 0 aliphatic heterocycles. The third kappa shape index (κ3) is 3.76. The highest BCUT2D eigenvalue weighted by Crippen LogP contribution is 2.33. The summed E-state index contributed by atoms with van der Waals surface area (Å²) in [7, 11) is 0.681. The Kier molecular flexibility index (Phi) is 4.94. The van der Waals surface area contributed by atoms with Gasteiger partial charge >= 0.3 is 0 Å². The largest absolute Gasteiger partial charge is 0.311 e. The maximum absolute atomic E-state index is 2.29. The molecular weight excluding hydrogens is 330 g/mol. The van der Waals surface area contributed by atoms with Crippen molar-refractivity contribution in [3.8, 4) is 0 Å². The molecule has 1 nitrogen and oxygen atoms in total. The molecule has 26 heavy (non-hydrogen) atoms. The quantitative estimate of drug-likeness (QED) is 0.467. The minimum absolute atomic E-state index is 0.681. The SMILES string of the molecule is c1ccc([Si]c2ccc(N(c3ccccc3)c3ccccc3)cc2)cc1. The predicted molar refractivity (Wildman–Crippen MR) is 113 cm³/mol. The van der Waals surface area contributed by atoms with E-state index in [0.717, 1.165) is 11.4 Å². The summed E-state index contributed by atoms with van der Waals surface area (Å²) in [5, 5.41) is 2.71. The van der Waals surface area contributed by atoms with Gasteiger partial charge in [-0.25, -0.2) is 0 Å². The highest BCUT2D eigenvalue weighted by molar-refractivity contribution is 6.67. The van der Waals surface area contributed by atoms with E-state index in [1.807, 2.05) is 0 Å². The van der Waals surface area contributed by atoms with Crippen molar-refractivity contribution < 1.29 is 0 Å². The number of hydrogen-bond acceptors (Lipinski definition) is 1. The van der Waals surface area contributed by atoms with Crippen molar-refractivity contribution in [2.45, 2.75) is 0 Å². The van der Waals surface area contributed by atoms with Gasteiger partial charge in [-0.3, -0.25) is 0 Å². The van der Waals surface area contributed by atoms with Gasteiger partial charge in [-0.2, -0.15) is 0 Å². The molecule has 0 aromatic heterocycles. The van der Waals surface area contributed by atoms with Crippen LogP contribution in [0, 0.1) is 0 Å². The minimum Gasteiger partial charge on any atom is -0.311 e. The number of rotatable bonds is 5. The molecule has 0 heterocycles. The first-order chi connectivity index (χ1) is 12.9. The highest BCUT2D eigenvalue weighted by Gasteiger charge is 2.11. The van der Waals surface area contributed by atoms with Crippen LogP contribution in [-0.4, -0.2) is 9.52 Å². The van der Waals surface area contributed by atoms with Gasteiger partial charge in [0.1, 0.15) is 9.52 Å². The standard InChI is InChI=1S/C24H19NSi/c1-4-10-20(11-5-1)25(21-12-6-2-7-13-21)22-16-18-24(19-17-22)26-23-14-8-3-9-15-23/h1-19H. The lowest BCUT2D eigenvalue weighted by atomic mass is 10.2. The van der Waals surface area contributed by atoms with Crippen molar-refractivity contribution in [1.29, 1.82) is 0 Å². The zero-order valence-corrected chi connectivity index (χ0v) is 15.4. The van der Waals surface area contributed by atoms with Gasteiger partial charge in [0.2, 0.25) is 0 Å². The Morgan fingerprint density at radius 1 is 0.385 bits per heavy atom. The third-order valence-electron chi connectivity index (χ3n) is 4.22. The van der Waals surface area contributed by atoms with E-state index in [1.54, 1.807) is 0 Å². The number of hydrogen-bond donors (Lipinski definition) is 0. The monoisotopic (exact) mass is 349 g/mol. The number of nitrogens with zero attached hydrogens (tertiary/aromatic N) is 1. The van der Waals surface area contributed by atoms with Crippen LogP contribution >= 0.6 is 0 Å². The Morgan fingerprint density at radius 3 is 1.27 bits per heavy atom. The second kappa shape index (κ2) is 7.85. The summed E-state index contributed by atoms with van der Waals surface area (Å²) in [5.41, 5.74) is 3.50. The molecule has 0 saturated heterocycles. The summed E-state index contributed by atoms with van der Waals surface area (Å²) >= 11 is 0. The van der Waals surface area contributed by atoms with Crippen molar-refractivity contribution in [3.05, 3.63) is 115 Å².